The molecule has 0 radical (unpaired) electrons. The summed E-state index contributed by atoms with van der Waals surface area (Å²) < 4.78 is 0. The fourth-order valence-electron chi connectivity index (χ4n) is 0.827. The van der Waals surface area contributed by atoms with Crippen molar-refractivity contribution in [3.8, 4) is 0 Å². The quantitative estimate of drug-likeness (QED) is 0.521. The number of halogens is 1. The summed E-state index contributed by atoms with van der Waals surface area (Å²) in [6.07, 6.45) is 3.29. The molecule has 4 heteroatoms. The first-order valence-electron chi connectivity index (χ1n) is 3.31. The molecule has 1 aromatic heterocycles. The monoisotopic (exact) mass is 171 g/mol. The number of hydrogen-bond acceptors (Lipinski definition) is 3. The van der Waals surface area contributed by atoms with Crippen molar-refractivity contribution in [3.05, 3.63) is 29.0 Å². The number of nitrogens with one attached hydrogen (secondary N) is 1. The predicted octanol–water partition coefficient (Wildman–Crippen LogP) is 1.26. The molecule has 0 amide bonds. The molecule has 1 aromatic rings. The maximum Gasteiger partial charge on any atom is 0.0637 e. The Bertz CT molecular complexity index is 239. The van der Waals surface area contributed by atoms with E-state index in [4.69, 9.17) is 17.4 Å². The van der Waals surface area contributed by atoms with Gasteiger partial charge in [-0.25, -0.2) is 0 Å². The first-order valence-corrected chi connectivity index (χ1v) is 3.69. The Hall–Kier alpha value is -0.640. The third-order valence-corrected chi connectivity index (χ3v) is 1.84. The zero-order chi connectivity index (χ0) is 8.27. The van der Waals surface area contributed by atoms with Crippen molar-refractivity contribution in [2.75, 3.05) is 0 Å². The van der Waals surface area contributed by atoms with Crippen molar-refractivity contribution in [1.82, 2.24) is 10.4 Å². The smallest absolute Gasteiger partial charge is 0.0637 e. The van der Waals surface area contributed by atoms with Crippen LogP contribution in [0.1, 0.15) is 18.5 Å². The molecule has 0 aliphatic carbocycles. The molecule has 60 valence electrons. The van der Waals surface area contributed by atoms with Crippen molar-refractivity contribution < 1.29 is 0 Å². The largest absolute Gasteiger partial charge is 0.271 e. The second kappa shape index (κ2) is 3.67. The van der Waals surface area contributed by atoms with Crippen LogP contribution in [0.3, 0.4) is 0 Å². The molecule has 11 heavy (non-hydrogen) atoms. The number of aromatic nitrogens is 1. The molecular weight excluding hydrogens is 162 g/mol. The molecule has 0 saturated carbocycles. The standard InChI is InChI=1S/C7H10ClN3/c1-5(11-9)6-2-3-10-4-7(6)8/h2-5,11H,9H2,1H3. The van der Waals surface area contributed by atoms with Gasteiger partial charge in [0.15, 0.2) is 0 Å². The molecule has 0 bridgehead atoms. The molecule has 0 aliphatic heterocycles. The average molecular weight is 172 g/mol. The second-order valence-electron chi connectivity index (χ2n) is 2.29. The SMILES string of the molecule is CC(NN)c1ccncc1Cl. The van der Waals surface area contributed by atoms with E-state index in [-0.39, 0.29) is 6.04 Å². The van der Waals surface area contributed by atoms with Crippen molar-refractivity contribution in [3.63, 3.8) is 0 Å². The van der Waals surface area contributed by atoms with Crippen LogP contribution in [0.15, 0.2) is 18.5 Å². The molecule has 1 atom stereocenters. The number of pyridine rings is 1. The maximum atomic E-state index is 5.84. The second-order valence-corrected chi connectivity index (χ2v) is 2.69. The Labute approximate surface area is 70.5 Å². The summed E-state index contributed by atoms with van der Waals surface area (Å²) in [7, 11) is 0. The number of hydrogen-bond donors (Lipinski definition) is 2. The van der Waals surface area contributed by atoms with Crippen molar-refractivity contribution in [1.29, 1.82) is 0 Å². The summed E-state index contributed by atoms with van der Waals surface area (Å²) >= 11 is 5.84. The molecule has 1 unspecified atom stereocenters. The van der Waals surface area contributed by atoms with Gasteiger partial charge in [-0.3, -0.25) is 16.3 Å². The van der Waals surface area contributed by atoms with E-state index in [1.54, 1.807) is 12.4 Å². The predicted molar refractivity (Wildman–Crippen MR) is 45.0 cm³/mol. The van der Waals surface area contributed by atoms with Gasteiger partial charge in [0, 0.05) is 18.4 Å². The minimum atomic E-state index is 0.0606. The van der Waals surface area contributed by atoms with Gasteiger partial charge in [0.1, 0.15) is 0 Å². The van der Waals surface area contributed by atoms with Crippen LogP contribution >= 0.6 is 11.6 Å². The van der Waals surface area contributed by atoms with Gasteiger partial charge in [-0.2, -0.15) is 0 Å². The fraction of sp³-hybridized carbons (Fsp3) is 0.286. The van der Waals surface area contributed by atoms with Gasteiger partial charge in [-0.1, -0.05) is 11.6 Å². The van der Waals surface area contributed by atoms with Crippen LogP contribution in [0.25, 0.3) is 0 Å². The normalized spacial score (nSPS) is 13.0. The van der Waals surface area contributed by atoms with Crippen LogP contribution in [0, 0.1) is 0 Å². The number of rotatable bonds is 2. The molecule has 0 aromatic carbocycles. The maximum absolute atomic E-state index is 5.84. The van der Waals surface area contributed by atoms with E-state index < -0.39 is 0 Å². The highest BCUT2D eigenvalue weighted by molar-refractivity contribution is 6.31. The summed E-state index contributed by atoms with van der Waals surface area (Å²) in [5.41, 5.74) is 3.57. The van der Waals surface area contributed by atoms with Crippen LogP contribution in [-0.2, 0) is 0 Å². The average Bonchev–Trinajstić information content (AvgIpc) is 2.04. The van der Waals surface area contributed by atoms with E-state index in [9.17, 15) is 0 Å². The Morgan fingerprint density at radius 1 is 1.73 bits per heavy atom. The van der Waals surface area contributed by atoms with E-state index >= 15 is 0 Å². The highest BCUT2D eigenvalue weighted by atomic mass is 35.5. The Kier molecular flexibility index (Phi) is 2.82. The van der Waals surface area contributed by atoms with Crippen LogP contribution in [0.5, 0.6) is 0 Å². The molecule has 0 aliphatic rings. The van der Waals surface area contributed by atoms with Gasteiger partial charge < -0.3 is 0 Å². The molecular formula is C7H10ClN3. The third-order valence-electron chi connectivity index (χ3n) is 1.52. The van der Waals surface area contributed by atoms with Gasteiger partial charge in [-0.05, 0) is 18.6 Å². The van der Waals surface area contributed by atoms with Crippen molar-refractivity contribution in [2.45, 2.75) is 13.0 Å². The van der Waals surface area contributed by atoms with E-state index in [0.29, 0.717) is 5.02 Å². The summed E-state index contributed by atoms with van der Waals surface area (Å²) in [5, 5.41) is 0.637. The third kappa shape index (κ3) is 1.89. The Morgan fingerprint density at radius 2 is 2.45 bits per heavy atom. The molecule has 0 spiro atoms. The lowest BCUT2D eigenvalue weighted by Crippen LogP contribution is -2.25. The lowest BCUT2D eigenvalue weighted by atomic mass is 10.1. The van der Waals surface area contributed by atoms with Crippen LogP contribution < -0.4 is 11.3 Å². The van der Waals surface area contributed by atoms with Gasteiger partial charge in [0.25, 0.3) is 0 Å². The number of nitrogens with zero attached hydrogens (tertiary/aromatic N) is 1. The van der Waals surface area contributed by atoms with Crippen LogP contribution in [0.2, 0.25) is 5.02 Å². The van der Waals surface area contributed by atoms with Crippen molar-refractivity contribution >= 4 is 11.6 Å². The molecule has 0 saturated heterocycles. The number of nitrogens with two attached hydrogens (primary N) is 1. The minimum Gasteiger partial charge on any atom is -0.271 e. The van der Waals surface area contributed by atoms with Crippen molar-refractivity contribution in [2.24, 2.45) is 5.84 Å². The minimum absolute atomic E-state index is 0.0606. The Balaban J connectivity index is 2.93. The fourth-order valence-corrected chi connectivity index (χ4v) is 1.11. The summed E-state index contributed by atoms with van der Waals surface area (Å²) in [6.45, 7) is 1.93. The van der Waals surface area contributed by atoms with Gasteiger partial charge in [-0.15, -0.1) is 0 Å². The molecule has 0 fully saturated rings. The lowest BCUT2D eigenvalue weighted by Gasteiger charge is -2.10. The van der Waals surface area contributed by atoms with Gasteiger partial charge in [0.2, 0.25) is 0 Å². The number of hydrazine groups is 1. The topological polar surface area (TPSA) is 50.9 Å². The highest BCUT2D eigenvalue weighted by Crippen LogP contribution is 2.19. The summed E-state index contributed by atoms with van der Waals surface area (Å²) in [5.74, 6) is 5.24. The summed E-state index contributed by atoms with van der Waals surface area (Å²) in [4.78, 5) is 3.86. The molecule has 1 heterocycles. The lowest BCUT2D eigenvalue weighted by molar-refractivity contribution is 0.602. The molecule has 1 rings (SSSR count). The van der Waals surface area contributed by atoms with Crippen LogP contribution in [0.4, 0.5) is 0 Å². The van der Waals surface area contributed by atoms with E-state index in [2.05, 4.69) is 10.4 Å². The van der Waals surface area contributed by atoms with Gasteiger partial charge >= 0.3 is 0 Å². The van der Waals surface area contributed by atoms with E-state index in [1.807, 2.05) is 13.0 Å². The Morgan fingerprint density at radius 3 is 3.00 bits per heavy atom. The first kappa shape index (κ1) is 8.46. The summed E-state index contributed by atoms with van der Waals surface area (Å²) in [6, 6.07) is 1.90. The van der Waals surface area contributed by atoms with E-state index in [0.717, 1.165) is 5.56 Å². The van der Waals surface area contributed by atoms with Crippen LogP contribution in [-0.4, -0.2) is 4.98 Å². The van der Waals surface area contributed by atoms with Gasteiger partial charge in [0.05, 0.1) is 5.02 Å². The zero-order valence-electron chi connectivity index (χ0n) is 6.21. The first-order chi connectivity index (χ1) is 5.25. The highest BCUT2D eigenvalue weighted by Gasteiger charge is 2.05. The van der Waals surface area contributed by atoms with E-state index in [1.165, 1.54) is 0 Å². The zero-order valence-corrected chi connectivity index (χ0v) is 6.97. The molecule has 3 nitrogen and oxygen atoms in total. The molecule has 3 N–H and O–H groups in total.